The first-order chi connectivity index (χ1) is 6.63. The fourth-order valence-corrected chi connectivity index (χ4v) is 1.72. The largest absolute Gasteiger partial charge is 0.320 e. The second-order valence-electron chi connectivity index (χ2n) is 2.84. The van der Waals surface area contributed by atoms with E-state index in [1.54, 1.807) is 18.2 Å². The van der Waals surface area contributed by atoms with Crippen LogP contribution in [0.5, 0.6) is 0 Å². The summed E-state index contributed by atoms with van der Waals surface area (Å²) in [5.41, 5.74) is 0.784. The van der Waals surface area contributed by atoms with Crippen molar-refractivity contribution in [3.63, 3.8) is 0 Å². The van der Waals surface area contributed by atoms with Gasteiger partial charge in [0.1, 0.15) is 4.99 Å². The van der Waals surface area contributed by atoms with E-state index in [9.17, 15) is 8.78 Å². The summed E-state index contributed by atoms with van der Waals surface area (Å²) in [4.78, 5) is 0.591. The zero-order valence-electron chi connectivity index (χ0n) is 7.00. The molecule has 0 fully saturated rings. The predicted octanol–water partition coefficient (Wildman–Crippen LogP) is 2.42. The average molecular weight is 212 g/mol. The molecule has 14 heavy (non-hydrogen) atoms. The number of rotatable bonds is 1. The van der Waals surface area contributed by atoms with E-state index in [2.05, 4.69) is 0 Å². The molecule has 0 saturated carbocycles. The lowest BCUT2D eigenvalue weighted by atomic mass is 10.1. The Hall–Kier alpha value is -1.36. The number of fused-ring (bicyclic) bond motifs is 1. The maximum atomic E-state index is 12.6. The number of hydrogen-bond acceptors (Lipinski definition) is 2. The minimum Gasteiger partial charge on any atom is -0.297 e. The highest BCUT2D eigenvalue weighted by molar-refractivity contribution is 7.82. The molecule has 0 aliphatic carbocycles. The van der Waals surface area contributed by atoms with E-state index in [1.165, 1.54) is 6.07 Å². The van der Waals surface area contributed by atoms with E-state index in [-0.39, 0.29) is 10.7 Å². The van der Waals surface area contributed by atoms with Gasteiger partial charge in [0.2, 0.25) is 0 Å². The molecule has 1 aromatic rings. The Balaban J connectivity index is 2.59. The third-order valence-corrected chi connectivity index (χ3v) is 2.46. The van der Waals surface area contributed by atoms with Crippen molar-refractivity contribution in [2.45, 2.75) is 6.55 Å². The molecule has 2 rings (SSSR count). The van der Waals surface area contributed by atoms with Crippen LogP contribution in [0.15, 0.2) is 24.3 Å². The van der Waals surface area contributed by atoms with E-state index in [1.807, 2.05) is 0 Å². The van der Waals surface area contributed by atoms with Gasteiger partial charge in [-0.05, 0) is 6.07 Å². The molecule has 0 atom stereocenters. The Bertz CT molecular complexity index is 417. The molecule has 0 spiro atoms. The molecule has 1 heterocycles. The van der Waals surface area contributed by atoms with E-state index < -0.39 is 6.55 Å². The highest BCUT2D eigenvalue weighted by Crippen LogP contribution is 2.31. The highest BCUT2D eigenvalue weighted by Gasteiger charge is 2.34. The number of alkyl halides is 2. The summed E-state index contributed by atoms with van der Waals surface area (Å²) < 4.78 is 25.2. The van der Waals surface area contributed by atoms with E-state index >= 15 is 0 Å². The van der Waals surface area contributed by atoms with Crippen LogP contribution in [-0.2, 0) is 0 Å². The zero-order valence-corrected chi connectivity index (χ0v) is 7.81. The fraction of sp³-hybridized carbons (Fsp3) is 0.111. The lowest BCUT2D eigenvalue weighted by Crippen LogP contribution is -2.32. The van der Waals surface area contributed by atoms with Gasteiger partial charge in [-0.1, -0.05) is 30.4 Å². The second-order valence-corrected chi connectivity index (χ2v) is 3.23. The summed E-state index contributed by atoms with van der Waals surface area (Å²) in [6, 6.07) is 6.50. The summed E-state index contributed by atoms with van der Waals surface area (Å²) in [5, 5.41) is 7.54. The smallest absolute Gasteiger partial charge is 0.297 e. The van der Waals surface area contributed by atoms with E-state index in [4.69, 9.17) is 17.6 Å². The molecule has 0 amide bonds. The Labute approximate surface area is 84.7 Å². The SMILES string of the molecule is N=C1C(=S)N(C(F)F)c2ccccc21. The minimum absolute atomic E-state index is 0.00380. The molecule has 1 aliphatic rings. The molecule has 1 aliphatic heterocycles. The van der Waals surface area contributed by atoms with Gasteiger partial charge in [-0.15, -0.1) is 0 Å². The molecule has 0 unspecified atom stereocenters. The average Bonchev–Trinajstić information content (AvgIpc) is 2.41. The van der Waals surface area contributed by atoms with Crippen LogP contribution in [0.2, 0.25) is 0 Å². The molecule has 0 bridgehead atoms. The lowest BCUT2D eigenvalue weighted by Gasteiger charge is -2.16. The number of para-hydroxylation sites is 1. The summed E-state index contributed by atoms with van der Waals surface area (Å²) in [6.45, 7) is -2.69. The Kier molecular flexibility index (Phi) is 2.03. The third-order valence-electron chi connectivity index (χ3n) is 2.06. The summed E-state index contributed by atoms with van der Waals surface area (Å²) in [5.74, 6) is 0. The van der Waals surface area contributed by atoms with Crippen LogP contribution in [-0.4, -0.2) is 17.2 Å². The van der Waals surface area contributed by atoms with Gasteiger partial charge in [0.15, 0.2) is 0 Å². The number of halogens is 2. The molecule has 0 aromatic heterocycles. The first kappa shape index (κ1) is 9.21. The summed E-state index contributed by atoms with van der Waals surface area (Å²) in [6.07, 6.45) is 0. The van der Waals surface area contributed by atoms with Crippen LogP contribution >= 0.6 is 12.2 Å². The molecule has 1 aromatic carbocycles. The van der Waals surface area contributed by atoms with Crippen LogP contribution in [0.1, 0.15) is 5.56 Å². The zero-order chi connectivity index (χ0) is 10.3. The number of benzene rings is 1. The van der Waals surface area contributed by atoms with Crippen LogP contribution in [0.25, 0.3) is 0 Å². The van der Waals surface area contributed by atoms with Gasteiger partial charge in [0.05, 0.1) is 11.4 Å². The normalized spacial score (nSPS) is 15.2. The summed E-state index contributed by atoms with van der Waals surface area (Å²) in [7, 11) is 0. The lowest BCUT2D eigenvalue weighted by molar-refractivity contribution is 0.160. The molecule has 0 saturated heterocycles. The third kappa shape index (κ3) is 1.13. The van der Waals surface area contributed by atoms with Crippen LogP contribution in [0.4, 0.5) is 14.5 Å². The Morgan fingerprint density at radius 2 is 1.93 bits per heavy atom. The van der Waals surface area contributed by atoms with Crippen molar-refractivity contribution in [2.24, 2.45) is 0 Å². The van der Waals surface area contributed by atoms with Gasteiger partial charge in [-0.3, -0.25) is 10.3 Å². The standard InChI is InChI=1S/C9H6F2N2S/c10-9(11)13-6-4-2-1-3-5(6)7(12)8(13)14/h1-4,9,12H. The van der Waals surface area contributed by atoms with Crippen molar-refractivity contribution < 1.29 is 8.78 Å². The maximum absolute atomic E-state index is 12.6. The van der Waals surface area contributed by atoms with Gasteiger partial charge < -0.3 is 0 Å². The number of nitrogens with zero attached hydrogens (tertiary/aromatic N) is 1. The van der Waals surface area contributed by atoms with Crippen molar-refractivity contribution in [3.05, 3.63) is 29.8 Å². The molecular formula is C9H6F2N2S. The van der Waals surface area contributed by atoms with Crippen LogP contribution < -0.4 is 4.90 Å². The Morgan fingerprint density at radius 1 is 1.29 bits per heavy atom. The molecular weight excluding hydrogens is 206 g/mol. The van der Waals surface area contributed by atoms with Crippen molar-refractivity contribution in [3.8, 4) is 0 Å². The fourth-order valence-electron chi connectivity index (χ4n) is 1.43. The summed E-state index contributed by atoms with van der Waals surface area (Å²) >= 11 is 4.77. The maximum Gasteiger partial charge on any atom is 0.320 e. The molecule has 2 nitrogen and oxygen atoms in total. The van der Waals surface area contributed by atoms with Crippen molar-refractivity contribution in [2.75, 3.05) is 4.90 Å². The molecule has 1 N–H and O–H groups in total. The van der Waals surface area contributed by atoms with Gasteiger partial charge >= 0.3 is 6.55 Å². The van der Waals surface area contributed by atoms with Gasteiger partial charge in [0.25, 0.3) is 0 Å². The first-order valence-electron chi connectivity index (χ1n) is 3.92. The molecule has 5 heteroatoms. The Morgan fingerprint density at radius 3 is 2.57 bits per heavy atom. The molecule has 0 radical (unpaired) electrons. The molecule has 72 valence electrons. The van der Waals surface area contributed by atoms with Crippen LogP contribution in [0, 0.1) is 5.41 Å². The number of anilines is 1. The van der Waals surface area contributed by atoms with Crippen molar-refractivity contribution in [1.82, 2.24) is 0 Å². The van der Waals surface area contributed by atoms with Gasteiger partial charge in [-0.25, -0.2) is 0 Å². The van der Waals surface area contributed by atoms with Crippen LogP contribution in [0.3, 0.4) is 0 Å². The topological polar surface area (TPSA) is 27.1 Å². The quantitative estimate of drug-likeness (QED) is 0.571. The van der Waals surface area contributed by atoms with Crippen molar-refractivity contribution in [1.29, 1.82) is 5.41 Å². The van der Waals surface area contributed by atoms with Gasteiger partial charge in [0, 0.05) is 5.56 Å². The minimum atomic E-state index is -2.69. The predicted molar refractivity (Wildman–Crippen MR) is 54.4 cm³/mol. The van der Waals surface area contributed by atoms with Crippen molar-refractivity contribution >= 4 is 28.6 Å². The van der Waals surface area contributed by atoms with E-state index in [0.717, 1.165) is 0 Å². The van der Waals surface area contributed by atoms with Gasteiger partial charge in [-0.2, -0.15) is 8.78 Å². The second kappa shape index (κ2) is 3.09. The monoisotopic (exact) mass is 212 g/mol. The number of nitrogens with one attached hydrogen (secondary N) is 1. The highest BCUT2D eigenvalue weighted by atomic mass is 32.1. The first-order valence-corrected chi connectivity index (χ1v) is 4.33. The number of hydrogen-bond donors (Lipinski definition) is 1. The van der Waals surface area contributed by atoms with E-state index in [0.29, 0.717) is 16.2 Å². The number of thiocarbonyl (C=S) groups is 1.